The first-order valence-electron chi connectivity index (χ1n) is 8.50. The fourth-order valence-electron chi connectivity index (χ4n) is 2.78. The number of nitrogens with two attached hydrogens (primary N) is 1. The summed E-state index contributed by atoms with van der Waals surface area (Å²) >= 11 is 1.67. The Morgan fingerprint density at radius 2 is 2.00 bits per heavy atom. The number of aromatic nitrogens is 1. The zero-order valence-corrected chi connectivity index (χ0v) is 16.3. The van der Waals surface area contributed by atoms with E-state index < -0.39 is 6.03 Å². The number of thiazole rings is 1. The Kier molecular flexibility index (Phi) is 5.73. The number of nitrogens with one attached hydrogen (secondary N) is 2. The second-order valence-electron chi connectivity index (χ2n) is 6.21. The van der Waals surface area contributed by atoms with E-state index in [-0.39, 0.29) is 0 Å². The van der Waals surface area contributed by atoms with Gasteiger partial charge in [-0.25, -0.2) is 15.6 Å². The average Bonchev–Trinajstić information content (AvgIpc) is 3.08. The number of amides is 2. The lowest BCUT2D eigenvalue weighted by Gasteiger charge is -2.16. The number of hydrazine groups is 1. The van der Waals surface area contributed by atoms with E-state index in [1.807, 2.05) is 57.3 Å². The van der Waals surface area contributed by atoms with Gasteiger partial charge in [0.1, 0.15) is 12.4 Å². The fraction of sp³-hybridized carbons (Fsp3) is 0.200. The summed E-state index contributed by atoms with van der Waals surface area (Å²) in [6, 6.07) is 11.3. The van der Waals surface area contributed by atoms with E-state index in [1.54, 1.807) is 11.3 Å². The molecule has 3 aromatic rings. The van der Waals surface area contributed by atoms with Crippen molar-refractivity contribution in [3.05, 3.63) is 64.3 Å². The topological polar surface area (TPSA) is 89.3 Å². The Morgan fingerprint density at radius 3 is 2.67 bits per heavy atom. The first-order chi connectivity index (χ1) is 13.0. The number of aryl methyl sites for hydroxylation is 3. The molecule has 27 heavy (non-hydrogen) atoms. The molecule has 0 bridgehead atoms. The van der Waals surface area contributed by atoms with Crippen molar-refractivity contribution in [3.63, 3.8) is 0 Å². The third-order valence-electron chi connectivity index (χ3n) is 4.24. The summed E-state index contributed by atoms with van der Waals surface area (Å²) < 4.78 is 6.04. The SMILES string of the molecule is Cc1ncc(-c2ccc(OCc3c(C)cccc3NC(=O)NN)c(C)c2)s1. The fourth-order valence-corrected chi connectivity index (χ4v) is 3.55. The molecule has 0 unspecified atom stereocenters. The van der Waals surface area contributed by atoms with Gasteiger partial charge in [0.15, 0.2) is 0 Å². The predicted octanol–water partition coefficient (Wildman–Crippen LogP) is 4.31. The highest BCUT2D eigenvalue weighted by atomic mass is 32.1. The molecule has 0 fully saturated rings. The maximum Gasteiger partial charge on any atom is 0.333 e. The van der Waals surface area contributed by atoms with Crippen LogP contribution in [0.5, 0.6) is 5.75 Å². The van der Waals surface area contributed by atoms with Gasteiger partial charge in [-0.3, -0.25) is 5.43 Å². The summed E-state index contributed by atoms with van der Waals surface area (Å²) in [7, 11) is 0. The van der Waals surface area contributed by atoms with Crippen molar-refractivity contribution >= 4 is 23.1 Å². The van der Waals surface area contributed by atoms with Gasteiger partial charge in [0.25, 0.3) is 0 Å². The Hall–Kier alpha value is -2.90. The lowest BCUT2D eigenvalue weighted by molar-refractivity contribution is 0.252. The zero-order valence-electron chi connectivity index (χ0n) is 15.5. The number of nitrogens with zero attached hydrogens (tertiary/aromatic N) is 1. The maximum atomic E-state index is 11.6. The van der Waals surface area contributed by atoms with Crippen LogP contribution in [0.1, 0.15) is 21.7 Å². The van der Waals surface area contributed by atoms with Gasteiger partial charge in [0.05, 0.1) is 9.88 Å². The maximum absolute atomic E-state index is 11.6. The number of carbonyl (C=O) groups excluding carboxylic acids is 1. The van der Waals surface area contributed by atoms with Crippen molar-refractivity contribution in [1.82, 2.24) is 10.4 Å². The molecule has 0 saturated carbocycles. The predicted molar refractivity (Wildman–Crippen MR) is 109 cm³/mol. The molecule has 4 N–H and O–H groups in total. The highest BCUT2D eigenvalue weighted by molar-refractivity contribution is 7.15. The van der Waals surface area contributed by atoms with Crippen molar-refractivity contribution in [2.75, 3.05) is 5.32 Å². The molecule has 0 spiro atoms. The van der Waals surface area contributed by atoms with Gasteiger partial charge in [-0.05, 0) is 61.7 Å². The number of carbonyl (C=O) groups is 1. The van der Waals surface area contributed by atoms with Crippen LogP contribution in [0.3, 0.4) is 0 Å². The smallest absolute Gasteiger partial charge is 0.333 e. The van der Waals surface area contributed by atoms with Gasteiger partial charge in [-0.1, -0.05) is 12.1 Å². The molecule has 140 valence electrons. The van der Waals surface area contributed by atoms with Crippen molar-refractivity contribution in [2.24, 2.45) is 5.84 Å². The molecule has 7 heteroatoms. The Balaban J connectivity index is 1.78. The second-order valence-corrected chi connectivity index (χ2v) is 7.45. The van der Waals surface area contributed by atoms with E-state index in [4.69, 9.17) is 10.6 Å². The molecule has 0 saturated heterocycles. The van der Waals surface area contributed by atoms with Crippen molar-refractivity contribution < 1.29 is 9.53 Å². The number of hydrogen-bond acceptors (Lipinski definition) is 5. The molecule has 1 aromatic heterocycles. The first-order valence-corrected chi connectivity index (χ1v) is 9.32. The molecule has 0 aliphatic rings. The minimum absolute atomic E-state index is 0.340. The molecule has 0 atom stereocenters. The Bertz CT molecular complexity index is 968. The summed E-state index contributed by atoms with van der Waals surface area (Å²) in [5, 5.41) is 3.77. The minimum atomic E-state index is -0.470. The van der Waals surface area contributed by atoms with E-state index in [2.05, 4.69) is 21.8 Å². The van der Waals surface area contributed by atoms with E-state index in [9.17, 15) is 4.79 Å². The van der Waals surface area contributed by atoms with Gasteiger partial charge < -0.3 is 10.1 Å². The molecule has 0 radical (unpaired) electrons. The highest BCUT2D eigenvalue weighted by Crippen LogP contribution is 2.31. The molecule has 1 heterocycles. The molecule has 0 aliphatic heterocycles. The van der Waals surface area contributed by atoms with Gasteiger partial charge >= 0.3 is 6.03 Å². The zero-order chi connectivity index (χ0) is 19.4. The first kappa shape index (κ1) is 18.9. The van der Waals surface area contributed by atoms with E-state index >= 15 is 0 Å². The van der Waals surface area contributed by atoms with E-state index in [1.165, 1.54) is 0 Å². The monoisotopic (exact) mass is 382 g/mol. The molecular weight excluding hydrogens is 360 g/mol. The molecular formula is C20H22N4O2S. The molecule has 0 aliphatic carbocycles. The Morgan fingerprint density at radius 1 is 1.19 bits per heavy atom. The summed E-state index contributed by atoms with van der Waals surface area (Å²) in [5.74, 6) is 5.96. The van der Waals surface area contributed by atoms with Crippen LogP contribution in [0.25, 0.3) is 10.4 Å². The third kappa shape index (κ3) is 4.45. The normalized spacial score (nSPS) is 10.5. The van der Waals surface area contributed by atoms with E-state index in [0.29, 0.717) is 12.3 Å². The quantitative estimate of drug-likeness (QED) is 0.348. The van der Waals surface area contributed by atoms with Gasteiger partial charge in [-0.2, -0.15) is 0 Å². The minimum Gasteiger partial charge on any atom is -0.489 e. The van der Waals surface area contributed by atoms with Crippen LogP contribution in [0, 0.1) is 20.8 Å². The van der Waals surface area contributed by atoms with Crippen LogP contribution in [-0.4, -0.2) is 11.0 Å². The molecule has 2 amide bonds. The molecule has 2 aromatic carbocycles. The van der Waals surface area contributed by atoms with Crippen LogP contribution in [0.15, 0.2) is 42.6 Å². The van der Waals surface area contributed by atoms with Gasteiger partial charge in [0.2, 0.25) is 0 Å². The Labute approximate surface area is 162 Å². The highest BCUT2D eigenvalue weighted by Gasteiger charge is 2.11. The number of anilines is 1. The van der Waals surface area contributed by atoms with Crippen molar-refractivity contribution in [3.8, 4) is 16.2 Å². The summed E-state index contributed by atoms with van der Waals surface area (Å²) in [6.07, 6.45) is 1.89. The standard InChI is InChI=1S/C20H22N4O2S/c1-12-5-4-6-17(23-20(25)24-21)16(12)11-26-18-8-7-15(9-13(18)2)19-10-22-14(3)27-19/h4-10H,11,21H2,1-3H3,(H2,23,24,25). The van der Waals surface area contributed by atoms with Crippen molar-refractivity contribution in [1.29, 1.82) is 0 Å². The number of urea groups is 1. The largest absolute Gasteiger partial charge is 0.489 e. The van der Waals surface area contributed by atoms with Crippen LogP contribution >= 0.6 is 11.3 Å². The lowest BCUT2D eigenvalue weighted by Crippen LogP contribution is -2.34. The van der Waals surface area contributed by atoms with E-state index in [0.717, 1.165) is 37.9 Å². The van der Waals surface area contributed by atoms with Crippen LogP contribution in [0.4, 0.5) is 10.5 Å². The van der Waals surface area contributed by atoms with Gasteiger partial charge in [0, 0.05) is 17.4 Å². The van der Waals surface area contributed by atoms with Crippen LogP contribution < -0.4 is 21.3 Å². The van der Waals surface area contributed by atoms with Crippen LogP contribution in [0.2, 0.25) is 0 Å². The summed E-state index contributed by atoms with van der Waals surface area (Å²) in [5.41, 5.74) is 6.85. The van der Waals surface area contributed by atoms with Crippen molar-refractivity contribution in [2.45, 2.75) is 27.4 Å². The lowest BCUT2D eigenvalue weighted by atomic mass is 10.1. The van der Waals surface area contributed by atoms with Crippen LogP contribution in [-0.2, 0) is 6.61 Å². The van der Waals surface area contributed by atoms with Gasteiger partial charge in [-0.15, -0.1) is 11.3 Å². The number of rotatable bonds is 5. The average molecular weight is 382 g/mol. The number of benzene rings is 2. The number of ether oxygens (including phenoxy) is 1. The summed E-state index contributed by atoms with van der Waals surface area (Å²) in [4.78, 5) is 17.0. The molecule has 3 rings (SSSR count). The summed E-state index contributed by atoms with van der Waals surface area (Å²) in [6.45, 7) is 6.34. The number of hydrogen-bond donors (Lipinski definition) is 3. The third-order valence-corrected chi connectivity index (χ3v) is 5.20. The second kappa shape index (κ2) is 8.20. The molecule has 6 nitrogen and oxygen atoms in total.